The second kappa shape index (κ2) is 6.89. The number of nitrogens with one attached hydrogen (secondary N) is 1. The summed E-state index contributed by atoms with van der Waals surface area (Å²) in [5, 5.41) is 6.80. The van der Waals surface area contributed by atoms with E-state index < -0.39 is 10.0 Å². The van der Waals surface area contributed by atoms with Crippen LogP contribution in [0.2, 0.25) is 0 Å². The predicted molar refractivity (Wildman–Crippen MR) is 80.7 cm³/mol. The zero-order valence-electron chi connectivity index (χ0n) is 13.1. The number of hydrogen-bond donors (Lipinski definition) is 1. The van der Waals surface area contributed by atoms with Crippen LogP contribution < -0.4 is 0 Å². The molecule has 6 nitrogen and oxygen atoms in total. The van der Waals surface area contributed by atoms with Crippen molar-refractivity contribution >= 4 is 10.0 Å². The minimum absolute atomic E-state index is 0.0765. The number of aryl methyl sites for hydroxylation is 2. The van der Waals surface area contributed by atoms with Crippen molar-refractivity contribution in [2.75, 3.05) is 20.3 Å². The molecule has 1 fully saturated rings. The Kier molecular flexibility index (Phi) is 5.40. The van der Waals surface area contributed by atoms with Gasteiger partial charge in [0, 0.05) is 26.3 Å². The van der Waals surface area contributed by atoms with Gasteiger partial charge in [0.2, 0.25) is 10.0 Å². The Morgan fingerprint density at radius 2 is 2.14 bits per heavy atom. The summed E-state index contributed by atoms with van der Waals surface area (Å²) in [5.41, 5.74) is 1.17. The van der Waals surface area contributed by atoms with Crippen molar-refractivity contribution in [2.45, 2.75) is 56.9 Å². The molecule has 0 aromatic carbocycles. The summed E-state index contributed by atoms with van der Waals surface area (Å²) in [6, 6.07) is 0.0765. The molecule has 0 bridgehead atoms. The normalized spacial score (nSPS) is 20.8. The summed E-state index contributed by atoms with van der Waals surface area (Å²) < 4.78 is 32.7. The fraction of sp³-hybridized carbons (Fsp3) is 0.786. The Morgan fingerprint density at radius 3 is 2.76 bits per heavy atom. The summed E-state index contributed by atoms with van der Waals surface area (Å²) in [4.78, 5) is 0.348. The monoisotopic (exact) mass is 315 g/mol. The summed E-state index contributed by atoms with van der Waals surface area (Å²) in [6.45, 7) is 4.77. The molecule has 1 aromatic heterocycles. The molecule has 1 saturated heterocycles. The maximum atomic E-state index is 13.0. The van der Waals surface area contributed by atoms with E-state index in [-0.39, 0.29) is 6.04 Å². The molecule has 1 atom stereocenters. The Balaban J connectivity index is 2.23. The van der Waals surface area contributed by atoms with Crippen molar-refractivity contribution in [2.24, 2.45) is 0 Å². The summed E-state index contributed by atoms with van der Waals surface area (Å²) in [5.74, 6) is 0. The first kappa shape index (κ1) is 16.5. The van der Waals surface area contributed by atoms with E-state index in [1.807, 2.05) is 0 Å². The van der Waals surface area contributed by atoms with Crippen LogP contribution in [0, 0.1) is 13.8 Å². The van der Waals surface area contributed by atoms with Crippen LogP contribution in [-0.4, -0.2) is 49.2 Å². The SMILES string of the molecule is COCCCC1CCCCN1S(=O)(=O)c1c(C)n[nH]c1C. The quantitative estimate of drug-likeness (QED) is 0.815. The van der Waals surface area contributed by atoms with Crippen molar-refractivity contribution in [3.63, 3.8) is 0 Å². The Hall–Kier alpha value is -0.920. The van der Waals surface area contributed by atoms with Crippen molar-refractivity contribution in [3.05, 3.63) is 11.4 Å². The van der Waals surface area contributed by atoms with E-state index in [2.05, 4.69) is 10.2 Å². The molecule has 0 saturated carbocycles. The maximum absolute atomic E-state index is 13.0. The number of sulfonamides is 1. The Bertz CT molecular complexity index is 549. The fourth-order valence-corrected chi connectivity index (χ4v) is 5.14. The van der Waals surface area contributed by atoms with E-state index in [0.717, 1.165) is 32.1 Å². The summed E-state index contributed by atoms with van der Waals surface area (Å²) >= 11 is 0. The van der Waals surface area contributed by atoms with Crippen molar-refractivity contribution in [3.8, 4) is 0 Å². The number of methoxy groups -OCH3 is 1. The van der Waals surface area contributed by atoms with Crippen molar-refractivity contribution < 1.29 is 13.2 Å². The number of aromatic nitrogens is 2. The first-order chi connectivity index (χ1) is 9.98. The van der Waals surface area contributed by atoms with E-state index in [4.69, 9.17) is 4.74 Å². The summed E-state index contributed by atoms with van der Waals surface area (Å²) in [6.07, 6.45) is 4.68. The van der Waals surface area contributed by atoms with Gasteiger partial charge in [0.1, 0.15) is 4.90 Å². The second-order valence-electron chi connectivity index (χ2n) is 5.66. The second-order valence-corrected chi connectivity index (χ2v) is 7.49. The van der Waals surface area contributed by atoms with Crippen LogP contribution in [0.4, 0.5) is 0 Å². The topological polar surface area (TPSA) is 75.3 Å². The molecule has 0 amide bonds. The van der Waals surface area contributed by atoms with Crippen LogP contribution in [0.3, 0.4) is 0 Å². The molecule has 120 valence electrons. The molecular formula is C14H25N3O3S. The molecule has 1 aromatic rings. The Morgan fingerprint density at radius 1 is 1.38 bits per heavy atom. The van der Waals surface area contributed by atoms with Gasteiger partial charge in [0.15, 0.2) is 0 Å². The van der Waals surface area contributed by atoms with Crippen LogP contribution in [0.1, 0.15) is 43.5 Å². The number of H-pyrrole nitrogens is 1. The molecule has 2 heterocycles. The van der Waals surface area contributed by atoms with Crippen LogP contribution in [-0.2, 0) is 14.8 Å². The highest BCUT2D eigenvalue weighted by Crippen LogP contribution is 2.30. The average Bonchev–Trinajstić information content (AvgIpc) is 2.79. The molecule has 1 unspecified atom stereocenters. The molecule has 0 spiro atoms. The van der Waals surface area contributed by atoms with Gasteiger partial charge in [0.25, 0.3) is 0 Å². The molecular weight excluding hydrogens is 290 g/mol. The van der Waals surface area contributed by atoms with Crippen molar-refractivity contribution in [1.29, 1.82) is 0 Å². The van der Waals surface area contributed by atoms with Gasteiger partial charge in [-0.15, -0.1) is 0 Å². The zero-order chi connectivity index (χ0) is 15.5. The highest BCUT2D eigenvalue weighted by molar-refractivity contribution is 7.89. The molecule has 1 N–H and O–H groups in total. The van der Waals surface area contributed by atoms with E-state index in [0.29, 0.717) is 29.4 Å². The number of aromatic amines is 1. The highest BCUT2D eigenvalue weighted by atomic mass is 32.2. The first-order valence-electron chi connectivity index (χ1n) is 7.51. The van der Waals surface area contributed by atoms with Gasteiger partial charge in [-0.25, -0.2) is 8.42 Å². The van der Waals surface area contributed by atoms with E-state index in [1.54, 1.807) is 25.3 Å². The minimum atomic E-state index is -3.47. The van der Waals surface area contributed by atoms with Crippen LogP contribution in [0.5, 0.6) is 0 Å². The minimum Gasteiger partial charge on any atom is -0.385 e. The smallest absolute Gasteiger partial charge is 0.246 e. The molecule has 1 aliphatic heterocycles. The van der Waals surface area contributed by atoms with Gasteiger partial charge < -0.3 is 4.74 Å². The lowest BCUT2D eigenvalue weighted by Crippen LogP contribution is -2.44. The number of rotatable bonds is 6. The van der Waals surface area contributed by atoms with E-state index in [9.17, 15) is 8.42 Å². The van der Waals surface area contributed by atoms with Crippen LogP contribution in [0.25, 0.3) is 0 Å². The Labute approximate surface area is 126 Å². The van der Waals surface area contributed by atoms with Crippen molar-refractivity contribution in [1.82, 2.24) is 14.5 Å². The number of piperidine rings is 1. The highest BCUT2D eigenvalue weighted by Gasteiger charge is 2.35. The third-order valence-corrected chi connectivity index (χ3v) is 6.30. The summed E-state index contributed by atoms with van der Waals surface area (Å²) in [7, 11) is -1.79. The fourth-order valence-electron chi connectivity index (χ4n) is 3.08. The van der Waals surface area contributed by atoms with Gasteiger partial charge in [0.05, 0.1) is 11.4 Å². The van der Waals surface area contributed by atoms with Gasteiger partial charge >= 0.3 is 0 Å². The third-order valence-electron chi connectivity index (χ3n) is 4.09. The lowest BCUT2D eigenvalue weighted by atomic mass is 10.0. The molecule has 2 rings (SSSR count). The van der Waals surface area contributed by atoms with Crippen LogP contribution >= 0.6 is 0 Å². The lowest BCUT2D eigenvalue weighted by Gasteiger charge is -2.34. The van der Waals surface area contributed by atoms with Gasteiger partial charge in [-0.3, -0.25) is 5.10 Å². The first-order valence-corrected chi connectivity index (χ1v) is 8.95. The van der Waals surface area contributed by atoms with Crippen LogP contribution in [0.15, 0.2) is 4.90 Å². The molecule has 0 aliphatic carbocycles. The van der Waals surface area contributed by atoms with Gasteiger partial charge in [-0.1, -0.05) is 6.42 Å². The molecule has 1 aliphatic rings. The molecule has 7 heteroatoms. The van der Waals surface area contributed by atoms with Gasteiger partial charge in [-0.2, -0.15) is 9.40 Å². The predicted octanol–water partition coefficient (Wildman–Crippen LogP) is 2.00. The molecule has 21 heavy (non-hydrogen) atoms. The zero-order valence-corrected chi connectivity index (χ0v) is 13.9. The third kappa shape index (κ3) is 3.46. The largest absolute Gasteiger partial charge is 0.385 e. The molecule has 0 radical (unpaired) electrons. The van der Waals surface area contributed by atoms with E-state index in [1.165, 1.54) is 0 Å². The number of hydrogen-bond acceptors (Lipinski definition) is 4. The maximum Gasteiger partial charge on any atom is 0.246 e. The van der Waals surface area contributed by atoms with Gasteiger partial charge in [-0.05, 0) is 39.5 Å². The number of nitrogens with zero attached hydrogens (tertiary/aromatic N) is 2. The standard InChI is InChI=1S/C14H25N3O3S/c1-11-14(12(2)16-15-11)21(18,19)17-9-5-4-7-13(17)8-6-10-20-3/h13H,4-10H2,1-3H3,(H,15,16). The average molecular weight is 315 g/mol. The lowest BCUT2D eigenvalue weighted by molar-refractivity contribution is 0.172. The van der Waals surface area contributed by atoms with E-state index >= 15 is 0 Å². The number of ether oxygens (including phenoxy) is 1.